The number of carboxylic acids is 1. The van der Waals surface area contributed by atoms with Crippen molar-refractivity contribution >= 4 is 22.7 Å². The molecule has 1 aliphatic carbocycles. The van der Waals surface area contributed by atoms with E-state index in [1.807, 2.05) is 48.5 Å². The zero-order valence-electron chi connectivity index (χ0n) is 16.3. The lowest BCUT2D eigenvalue weighted by Crippen LogP contribution is -2.19. The highest BCUT2D eigenvalue weighted by atomic mass is 16.4. The van der Waals surface area contributed by atoms with Gasteiger partial charge in [-0.1, -0.05) is 47.6 Å². The molecule has 4 rings (SSSR count). The Labute approximate surface area is 169 Å². The molecule has 2 aromatic carbocycles. The van der Waals surface area contributed by atoms with E-state index in [1.165, 1.54) is 12.0 Å². The van der Waals surface area contributed by atoms with Crippen LogP contribution in [0.4, 0.5) is 0 Å². The first-order valence-corrected chi connectivity index (χ1v) is 10.2. The number of aliphatic carboxylic acids is 1. The van der Waals surface area contributed by atoms with E-state index >= 15 is 0 Å². The molecule has 1 aliphatic rings. The number of furan rings is 1. The Balaban J connectivity index is 1.53. The van der Waals surface area contributed by atoms with Crippen LogP contribution < -0.4 is 0 Å². The monoisotopic (exact) mass is 391 g/mol. The molecule has 1 atom stereocenters. The Kier molecular flexibility index (Phi) is 5.65. The van der Waals surface area contributed by atoms with Crippen molar-refractivity contribution in [3.8, 4) is 0 Å². The molecule has 0 unspecified atom stereocenters. The Morgan fingerprint density at radius 2 is 1.90 bits per heavy atom. The van der Waals surface area contributed by atoms with Crippen molar-refractivity contribution in [1.82, 2.24) is 0 Å². The largest absolute Gasteiger partial charge is 0.481 e. The summed E-state index contributed by atoms with van der Waals surface area (Å²) in [5, 5.41) is 23.8. The second-order valence-electron chi connectivity index (χ2n) is 7.73. The molecule has 0 aliphatic heterocycles. The van der Waals surface area contributed by atoms with Crippen LogP contribution in [0.2, 0.25) is 0 Å². The lowest BCUT2D eigenvalue weighted by molar-refractivity contribution is -0.141. The number of aryl methyl sites for hydroxylation is 3. The molecule has 150 valence electrons. The third kappa shape index (κ3) is 4.19. The Bertz CT molecular complexity index is 1040. The number of nitrogens with zero attached hydrogens (tertiary/aromatic N) is 1. The van der Waals surface area contributed by atoms with Crippen LogP contribution in [0.25, 0.3) is 11.0 Å². The van der Waals surface area contributed by atoms with Crippen molar-refractivity contribution in [3.05, 3.63) is 71.0 Å². The van der Waals surface area contributed by atoms with Crippen molar-refractivity contribution in [1.29, 1.82) is 0 Å². The molecule has 29 heavy (non-hydrogen) atoms. The molecule has 2 N–H and O–H groups in total. The maximum Gasteiger partial charge on any atom is 0.306 e. The van der Waals surface area contributed by atoms with Crippen LogP contribution in [0.3, 0.4) is 0 Å². The lowest BCUT2D eigenvalue weighted by atomic mass is 9.91. The van der Waals surface area contributed by atoms with Gasteiger partial charge in [0.2, 0.25) is 0 Å². The van der Waals surface area contributed by atoms with Gasteiger partial charge in [-0.3, -0.25) is 4.79 Å². The molecule has 3 aromatic rings. The number of carbonyl (C=O) groups is 1. The van der Waals surface area contributed by atoms with E-state index < -0.39 is 11.9 Å². The van der Waals surface area contributed by atoms with Gasteiger partial charge in [0, 0.05) is 29.4 Å². The van der Waals surface area contributed by atoms with Gasteiger partial charge in [-0.05, 0) is 43.7 Å². The number of benzene rings is 2. The van der Waals surface area contributed by atoms with Gasteiger partial charge >= 0.3 is 5.97 Å². The van der Waals surface area contributed by atoms with Crippen molar-refractivity contribution in [2.75, 3.05) is 0 Å². The van der Waals surface area contributed by atoms with Crippen LogP contribution in [0.5, 0.6) is 0 Å². The summed E-state index contributed by atoms with van der Waals surface area (Å²) in [6.07, 6.45) is 5.63. The maximum atomic E-state index is 11.8. The number of hydrogen-bond donors (Lipinski definition) is 2. The molecule has 1 heterocycles. The summed E-state index contributed by atoms with van der Waals surface area (Å²) in [4.78, 5) is 11.8. The Morgan fingerprint density at radius 1 is 1.10 bits per heavy atom. The van der Waals surface area contributed by atoms with E-state index in [4.69, 9.17) is 4.42 Å². The molecule has 0 spiro atoms. The van der Waals surface area contributed by atoms with Gasteiger partial charge in [-0.25, -0.2) is 0 Å². The number of carboxylic acid groups (broad SMARTS) is 1. The van der Waals surface area contributed by atoms with Crippen LogP contribution in [0.15, 0.2) is 58.1 Å². The average molecular weight is 391 g/mol. The second-order valence-corrected chi connectivity index (χ2v) is 7.73. The van der Waals surface area contributed by atoms with Crippen molar-refractivity contribution in [2.24, 2.45) is 11.1 Å². The summed E-state index contributed by atoms with van der Waals surface area (Å²) in [5.41, 5.74) is 4.25. The smallest absolute Gasteiger partial charge is 0.306 e. The van der Waals surface area contributed by atoms with E-state index in [0.29, 0.717) is 24.1 Å². The predicted molar refractivity (Wildman–Crippen MR) is 112 cm³/mol. The lowest BCUT2D eigenvalue weighted by Gasteiger charge is -2.13. The maximum absolute atomic E-state index is 11.8. The summed E-state index contributed by atoms with van der Waals surface area (Å²) < 4.78 is 6.03. The first-order valence-electron chi connectivity index (χ1n) is 10.2. The van der Waals surface area contributed by atoms with Gasteiger partial charge in [0.25, 0.3) is 0 Å². The molecule has 0 bridgehead atoms. The highest BCUT2D eigenvalue weighted by Crippen LogP contribution is 2.33. The second kappa shape index (κ2) is 8.52. The van der Waals surface area contributed by atoms with Gasteiger partial charge in [-0.15, -0.1) is 0 Å². The molecule has 0 saturated heterocycles. The van der Waals surface area contributed by atoms with Crippen LogP contribution in [0, 0.1) is 5.92 Å². The minimum absolute atomic E-state index is 0.171. The summed E-state index contributed by atoms with van der Waals surface area (Å²) >= 11 is 0. The van der Waals surface area contributed by atoms with Crippen LogP contribution in [-0.4, -0.2) is 22.0 Å². The quantitative estimate of drug-likeness (QED) is 0.329. The SMILES string of the molecule is O=C(O)[C@@H](CCc1ccccc1)CC(=NO)c1ccc2c3c(oc2c1)CCCC3. The minimum Gasteiger partial charge on any atom is -0.481 e. The van der Waals surface area contributed by atoms with E-state index in [0.717, 1.165) is 41.6 Å². The standard InChI is InChI=1S/C24H25NO4/c26-24(27)18(11-10-16-6-2-1-3-7-16)14-21(25-28)17-12-13-20-19-8-4-5-9-22(19)29-23(20)15-17/h1-3,6-7,12-13,15,18,28H,4-5,8-11,14H2,(H,26,27)/t18-/m0/s1. The molecule has 0 radical (unpaired) electrons. The Morgan fingerprint density at radius 3 is 2.66 bits per heavy atom. The average Bonchev–Trinajstić information content (AvgIpc) is 3.12. The van der Waals surface area contributed by atoms with Crippen molar-refractivity contribution in [3.63, 3.8) is 0 Å². The van der Waals surface area contributed by atoms with E-state index in [-0.39, 0.29) is 6.42 Å². The molecule has 0 saturated carbocycles. The predicted octanol–water partition coefficient (Wildman–Crippen LogP) is 5.21. The number of rotatable bonds is 7. The molecule has 0 amide bonds. The van der Waals surface area contributed by atoms with E-state index in [9.17, 15) is 15.1 Å². The zero-order chi connectivity index (χ0) is 20.2. The molecule has 5 heteroatoms. The van der Waals surface area contributed by atoms with Crippen LogP contribution >= 0.6 is 0 Å². The number of fused-ring (bicyclic) bond motifs is 3. The van der Waals surface area contributed by atoms with Crippen LogP contribution in [-0.2, 0) is 24.1 Å². The fourth-order valence-electron chi connectivity index (χ4n) is 4.19. The zero-order valence-corrected chi connectivity index (χ0v) is 16.3. The van der Waals surface area contributed by atoms with Crippen molar-refractivity contribution in [2.45, 2.75) is 44.9 Å². The van der Waals surface area contributed by atoms with E-state index in [1.54, 1.807) is 0 Å². The summed E-state index contributed by atoms with van der Waals surface area (Å²) in [6.45, 7) is 0. The fourth-order valence-corrected chi connectivity index (χ4v) is 4.19. The van der Waals surface area contributed by atoms with Gasteiger partial charge < -0.3 is 14.7 Å². The molecular weight excluding hydrogens is 366 g/mol. The summed E-state index contributed by atoms with van der Waals surface area (Å²) in [7, 11) is 0. The van der Waals surface area contributed by atoms with Crippen LogP contribution in [0.1, 0.15) is 48.1 Å². The molecule has 0 fully saturated rings. The number of oxime groups is 1. The van der Waals surface area contributed by atoms with E-state index in [2.05, 4.69) is 5.16 Å². The molecular formula is C24H25NO4. The summed E-state index contributed by atoms with van der Waals surface area (Å²) in [5.74, 6) is -0.449. The van der Waals surface area contributed by atoms with Gasteiger partial charge in [0.05, 0.1) is 11.6 Å². The normalized spacial score (nSPS) is 15.2. The number of hydrogen-bond acceptors (Lipinski definition) is 4. The highest BCUT2D eigenvalue weighted by Gasteiger charge is 2.23. The Hall–Kier alpha value is -3.08. The van der Waals surface area contributed by atoms with Gasteiger partial charge in [-0.2, -0.15) is 0 Å². The third-order valence-corrected chi connectivity index (χ3v) is 5.82. The first-order chi connectivity index (χ1) is 14.2. The minimum atomic E-state index is -0.878. The fraction of sp³-hybridized carbons (Fsp3) is 0.333. The van der Waals surface area contributed by atoms with Crippen molar-refractivity contribution < 1.29 is 19.5 Å². The van der Waals surface area contributed by atoms with Gasteiger partial charge in [0.1, 0.15) is 11.3 Å². The first kappa shape index (κ1) is 19.2. The topological polar surface area (TPSA) is 83.0 Å². The molecule has 1 aromatic heterocycles. The third-order valence-electron chi connectivity index (χ3n) is 5.82. The summed E-state index contributed by atoms with van der Waals surface area (Å²) in [6, 6.07) is 15.6. The molecule has 5 nitrogen and oxygen atoms in total. The highest BCUT2D eigenvalue weighted by molar-refractivity contribution is 6.04. The van der Waals surface area contributed by atoms with Gasteiger partial charge in [0.15, 0.2) is 0 Å².